The minimum Gasteiger partial charge on any atom is -0.444 e. The van der Waals surface area contributed by atoms with Gasteiger partial charge in [0, 0.05) is 36.6 Å². The molecule has 5 rings (SSSR count). The van der Waals surface area contributed by atoms with Gasteiger partial charge in [0.05, 0.1) is 17.3 Å². The SMILES string of the molecule is CC(C)(C)OC(=O)N1C2CC(C2)C1C(=O)CCc1cc(-c2cnc(C(F)(F)F)nc2)ncc1C(F)(F)F. The highest BCUT2D eigenvalue weighted by Gasteiger charge is 2.56. The highest BCUT2D eigenvalue weighted by atomic mass is 19.4. The van der Waals surface area contributed by atoms with E-state index in [0.29, 0.717) is 19.0 Å². The van der Waals surface area contributed by atoms with Crippen LogP contribution in [0.2, 0.25) is 0 Å². The lowest BCUT2D eigenvalue weighted by Gasteiger charge is -2.29. The van der Waals surface area contributed by atoms with Crippen LogP contribution in [0.3, 0.4) is 0 Å². The maximum atomic E-state index is 13.6. The first-order chi connectivity index (χ1) is 17.0. The summed E-state index contributed by atoms with van der Waals surface area (Å²) >= 11 is 0. The van der Waals surface area contributed by atoms with Crippen LogP contribution in [0.4, 0.5) is 31.1 Å². The molecule has 3 fully saturated rings. The fourth-order valence-corrected chi connectivity index (χ4v) is 4.69. The van der Waals surface area contributed by atoms with Crippen LogP contribution in [0.25, 0.3) is 11.3 Å². The maximum Gasteiger partial charge on any atom is 0.451 e. The van der Waals surface area contributed by atoms with Gasteiger partial charge in [0.2, 0.25) is 5.82 Å². The predicted octanol–water partition coefficient (Wildman–Crippen LogP) is 5.48. The van der Waals surface area contributed by atoms with Crippen molar-refractivity contribution in [1.29, 1.82) is 0 Å². The molecule has 1 saturated carbocycles. The van der Waals surface area contributed by atoms with Gasteiger partial charge in [-0.1, -0.05) is 0 Å². The average Bonchev–Trinajstić information content (AvgIpc) is 3.31. The summed E-state index contributed by atoms with van der Waals surface area (Å²) in [7, 11) is 0. The molecule has 1 amide bonds. The lowest BCUT2D eigenvalue weighted by molar-refractivity contribution is -0.145. The zero-order valence-electron chi connectivity index (χ0n) is 20.2. The van der Waals surface area contributed by atoms with E-state index in [9.17, 15) is 35.9 Å². The van der Waals surface area contributed by atoms with Crippen molar-refractivity contribution in [2.45, 2.75) is 76.5 Å². The molecule has 0 spiro atoms. The molecule has 37 heavy (non-hydrogen) atoms. The van der Waals surface area contributed by atoms with E-state index in [2.05, 4.69) is 15.0 Å². The zero-order chi connectivity index (χ0) is 27.3. The fourth-order valence-electron chi connectivity index (χ4n) is 4.69. The third-order valence-electron chi connectivity index (χ3n) is 6.36. The molecular formula is C24H24F6N4O3. The van der Waals surface area contributed by atoms with Gasteiger partial charge in [0.15, 0.2) is 5.78 Å². The molecule has 13 heteroatoms. The van der Waals surface area contributed by atoms with Gasteiger partial charge in [-0.15, -0.1) is 0 Å². The Morgan fingerprint density at radius 3 is 2.14 bits per heavy atom. The molecule has 0 aromatic carbocycles. The van der Waals surface area contributed by atoms with E-state index >= 15 is 0 Å². The number of rotatable bonds is 5. The summed E-state index contributed by atoms with van der Waals surface area (Å²) in [6.07, 6.45) is -7.25. The van der Waals surface area contributed by atoms with E-state index in [4.69, 9.17) is 4.74 Å². The minimum absolute atomic E-state index is 0.0120. The Bertz CT molecular complexity index is 1180. The summed E-state index contributed by atoms with van der Waals surface area (Å²) in [4.78, 5) is 37.3. The van der Waals surface area contributed by atoms with Crippen molar-refractivity contribution in [2.24, 2.45) is 5.92 Å². The van der Waals surface area contributed by atoms with Crippen molar-refractivity contribution >= 4 is 11.9 Å². The summed E-state index contributed by atoms with van der Waals surface area (Å²) in [5.41, 5.74) is -2.16. The first-order valence-electron chi connectivity index (χ1n) is 11.5. The number of nitrogens with zero attached hydrogens (tertiary/aromatic N) is 4. The summed E-state index contributed by atoms with van der Waals surface area (Å²) in [5.74, 6) is -1.83. The molecule has 1 unspecified atom stereocenters. The molecule has 2 bridgehead atoms. The van der Waals surface area contributed by atoms with E-state index in [1.807, 2.05) is 0 Å². The number of hydrogen-bond donors (Lipinski definition) is 0. The fraction of sp³-hybridized carbons (Fsp3) is 0.542. The number of amides is 1. The smallest absolute Gasteiger partial charge is 0.444 e. The maximum absolute atomic E-state index is 13.6. The average molecular weight is 530 g/mol. The van der Waals surface area contributed by atoms with Crippen molar-refractivity contribution in [3.05, 3.63) is 41.6 Å². The molecule has 0 radical (unpaired) electrons. The third-order valence-corrected chi connectivity index (χ3v) is 6.36. The number of halogens is 6. The van der Waals surface area contributed by atoms with Crippen molar-refractivity contribution in [3.8, 4) is 11.3 Å². The van der Waals surface area contributed by atoms with Crippen molar-refractivity contribution < 1.29 is 40.7 Å². The second-order valence-corrected chi connectivity index (χ2v) is 10.2. The van der Waals surface area contributed by atoms with Gasteiger partial charge in [0.25, 0.3) is 0 Å². The number of fused-ring (bicyclic) bond motifs is 1. The van der Waals surface area contributed by atoms with Crippen LogP contribution in [0.1, 0.15) is 57.0 Å². The summed E-state index contributed by atoms with van der Waals surface area (Å²) < 4.78 is 84.5. The van der Waals surface area contributed by atoms with Gasteiger partial charge in [-0.25, -0.2) is 14.8 Å². The Labute approximate surface area is 208 Å². The van der Waals surface area contributed by atoms with E-state index in [-0.39, 0.29) is 47.4 Å². The number of aryl methyl sites for hydroxylation is 1. The van der Waals surface area contributed by atoms with Crippen LogP contribution in [0.15, 0.2) is 24.7 Å². The monoisotopic (exact) mass is 530 g/mol. The first kappa shape index (κ1) is 26.8. The van der Waals surface area contributed by atoms with Crippen LogP contribution < -0.4 is 0 Å². The third kappa shape index (κ3) is 5.69. The number of pyridine rings is 1. The highest BCUT2D eigenvalue weighted by molar-refractivity contribution is 5.89. The quantitative estimate of drug-likeness (QED) is 0.477. The molecule has 4 heterocycles. The van der Waals surface area contributed by atoms with Crippen LogP contribution in [-0.2, 0) is 28.3 Å². The van der Waals surface area contributed by atoms with Gasteiger partial charge in [-0.2, -0.15) is 26.3 Å². The number of carbonyl (C=O) groups is 2. The van der Waals surface area contributed by atoms with E-state index in [0.717, 1.165) is 18.5 Å². The number of ether oxygens (including phenoxy) is 1. The Balaban J connectivity index is 1.54. The molecule has 3 aliphatic rings. The second-order valence-electron chi connectivity index (χ2n) is 10.2. The van der Waals surface area contributed by atoms with Gasteiger partial charge < -0.3 is 4.74 Å². The molecule has 2 aliphatic heterocycles. The van der Waals surface area contributed by atoms with Crippen molar-refractivity contribution in [2.75, 3.05) is 0 Å². The largest absolute Gasteiger partial charge is 0.451 e. The summed E-state index contributed by atoms with van der Waals surface area (Å²) in [6.45, 7) is 5.09. The number of aromatic nitrogens is 3. The normalized spacial score (nSPS) is 21.5. The number of alkyl halides is 6. The first-order valence-corrected chi connectivity index (χ1v) is 11.5. The van der Waals surface area contributed by atoms with Crippen molar-refractivity contribution in [1.82, 2.24) is 19.9 Å². The van der Waals surface area contributed by atoms with E-state index in [1.165, 1.54) is 4.90 Å². The molecule has 2 aromatic heterocycles. The van der Waals surface area contributed by atoms with Gasteiger partial charge in [0.1, 0.15) is 5.60 Å². The molecular weight excluding hydrogens is 506 g/mol. The van der Waals surface area contributed by atoms with E-state index < -0.39 is 41.5 Å². The summed E-state index contributed by atoms with van der Waals surface area (Å²) in [5, 5.41) is 0. The van der Waals surface area contributed by atoms with E-state index in [1.54, 1.807) is 20.8 Å². The molecule has 7 nitrogen and oxygen atoms in total. The number of hydrogen-bond acceptors (Lipinski definition) is 6. The van der Waals surface area contributed by atoms with Crippen LogP contribution in [0.5, 0.6) is 0 Å². The molecule has 1 aliphatic carbocycles. The van der Waals surface area contributed by atoms with Crippen LogP contribution >= 0.6 is 0 Å². The van der Waals surface area contributed by atoms with Gasteiger partial charge in [-0.05, 0) is 57.6 Å². The highest BCUT2D eigenvalue weighted by Crippen LogP contribution is 2.47. The zero-order valence-corrected chi connectivity index (χ0v) is 20.2. The lowest BCUT2D eigenvalue weighted by Crippen LogP contribution is -2.44. The standard InChI is InChI=1S/C24H24F6N4O3/c1-22(2,3)37-21(36)34-15-6-13(7-15)19(34)18(35)5-4-12-8-17(31-11-16(12)23(25,26)27)14-9-32-20(33-10-14)24(28,29)30/h8-11,13,15,19H,4-7H2,1-3H3. The van der Waals surface area contributed by atoms with Crippen LogP contribution in [-0.4, -0.2) is 49.4 Å². The Morgan fingerprint density at radius 1 is 0.973 bits per heavy atom. The molecule has 2 aromatic rings. The second kappa shape index (κ2) is 9.25. The molecule has 200 valence electrons. The molecule has 1 atom stereocenters. The molecule has 0 N–H and O–H groups in total. The lowest BCUT2D eigenvalue weighted by atomic mass is 9.81. The number of carbonyl (C=O) groups excluding carboxylic acids is 2. The van der Waals surface area contributed by atoms with Crippen LogP contribution in [0, 0.1) is 5.92 Å². The number of ketones is 1. The number of Topliss-reactive ketones (excluding diaryl/α,β-unsaturated/α-hetero) is 1. The Kier molecular flexibility index (Phi) is 6.70. The predicted molar refractivity (Wildman–Crippen MR) is 117 cm³/mol. The van der Waals surface area contributed by atoms with Gasteiger partial charge >= 0.3 is 18.4 Å². The van der Waals surface area contributed by atoms with Crippen molar-refractivity contribution in [3.63, 3.8) is 0 Å². The molecule has 2 saturated heterocycles. The van der Waals surface area contributed by atoms with Gasteiger partial charge in [-0.3, -0.25) is 14.7 Å². The Hall–Kier alpha value is -3.25. The Morgan fingerprint density at radius 2 is 1.59 bits per heavy atom. The minimum atomic E-state index is -4.77. The summed E-state index contributed by atoms with van der Waals surface area (Å²) in [6, 6.07) is 0.174. The topological polar surface area (TPSA) is 85.3 Å².